The van der Waals surface area contributed by atoms with E-state index in [1.165, 1.54) is 13.0 Å². The van der Waals surface area contributed by atoms with Gasteiger partial charge in [-0.2, -0.15) is 0 Å². The summed E-state index contributed by atoms with van der Waals surface area (Å²) in [7, 11) is -0.217. The number of ether oxygens (including phenoxy) is 4. The highest BCUT2D eigenvalue weighted by Crippen LogP contribution is 2.08. The Morgan fingerprint density at radius 2 is 2.22 bits per heavy atom. The highest BCUT2D eigenvalue weighted by molar-refractivity contribution is 6.36. The first-order valence-corrected chi connectivity index (χ1v) is 8.44. The Kier molecular flexibility index (Phi) is 8.24. The molecule has 18 heavy (non-hydrogen) atoms. The van der Waals surface area contributed by atoms with Gasteiger partial charge in [-0.15, -0.1) is 0 Å². The predicted molar refractivity (Wildman–Crippen MR) is 70.6 cm³/mol. The lowest BCUT2D eigenvalue weighted by atomic mass is 10.5. The van der Waals surface area contributed by atoms with E-state index in [0.29, 0.717) is 25.0 Å². The summed E-state index contributed by atoms with van der Waals surface area (Å²) < 4.78 is 20.9. The van der Waals surface area contributed by atoms with Crippen molar-refractivity contribution < 1.29 is 23.7 Å². The van der Waals surface area contributed by atoms with Crippen LogP contribution in [-0.2, 0) is 23.7 Å². The number of carbonyl (C=O) groups is 1. The molecular formula is C12H24O5Si. The molecule has 6 heteroatoms. The molecule has 0 aromatic rings. The molecule has 0 spiro atoms. The Morgan fingerprint density at radius 3 is 2.89 bits per heavy atom. The van der Waals surface area contributed by atoms with Crippen molar-refractivity contribution in [2.24, 2.45) is 0 Å². The fourth-order valence-electron chi connectivity index (χ4n) is 1.53. The Morgan fingerprint density at radius 1 is 1.44 bits per heavy atom. The van der Waals surface area contributed by atoms with E-state index in [-0.39, 0.29) is 15.5 Å². The van der Waals surface area contributed by atoms with Gasteiger partial charge in [-0.05, 0) is 13.3 Å². The molecule has 1 rings (SSSR count). The zero-order valence-electron chi connectivity index (χ0n) is 11.4. The van der Waals surface area contributed by atoms with Crippen LogP contribution < -0.4 is 0 Å². The van der Waals surface area contributed by atoms with Crippen LogP contribution in [0.4, 0.5) is 0 Å². The van der Waals surface area contributed by atoms with Crippen LogP contribution in [0.2, 0.25) is 6.04 Å². The number of rotatable bonds is 11. The second-order valence-corrected chi connectivity index (χ2v) is 6.98. The molecule has 0 N–H and O–H groups in total. The average Bonchev–Trinajstić information content (AvgIpc) is 3.13. The molecule has 2 atom stereocenters. The van der Waals surface area contributed by atoms with Crippen LogP contribution in [-0.4, -0.2) is 60.4 Å². The molecule has 0 aromatic carbocycles. The van der Waals surface area contributed by atoms with Gasteiger partial charge < -0.3 is 18.9 Å². The van der Waals surface area contributed by atoms with E-state index in [4.69, 9.17) is 18.9 Å². The number of esters is 1. The van der Waals surface area contributed by atoms with Crippen molar-refractivity contribution in [1.82, 2.24) is 0 Å². The standard InChI is InChI=1S/C12H24O5Si/c1-10(13)15-5-6-16-11(2)18-7-3-4-14-8-12-9-17-12/h11-12H,3-9,18H2,1-2H3. The molecule has 0 amide bonds. The third kappa shape index (κ3) is 9.58. The minimum Gasteiger partial charge on any atom is -0.463 e. The van der Waals surface area contributed by atoms with E-state index in [1.807, 2.05) is 0 Å². The van der Waals surface area contributed by atoms with Gasteiger partial charge in [0.25, 0.3) is 0 Å². The van der Waals surface area contributed by atoms with Gasteiger partial charge in [0, 0.05) is 19.3 Å². The fourth-order valence-corrected chi connectivity index (χ4v) is 2.93. The molecule has 2 unspecified atom stereocenters. The molecule has 1 fully saturated rings. The monoisotopic (exact) mass is 276 g/mol. The molecule has 1 aliphatic heterocycles. The van der Waals surface area contributed by atoms with Gasteiger partial charge in [0.2, 0.25) is 0 Å². The molecule has 106 valence electrons. The minimum atomic E-state index is -0.250. The van der Waals surface area contributed by atoms with Crippen molar-refractivity contribution in [2.45, 2.75) is 38.1 Å². The molecule has 0 aliphatic carbocycles. The predicted octanol–water partition coefficient (Wildman–Crippen LogP) is 0.305. The van der Waals surface area contributed by atoms with Gasteiger partial charge in [0.15, 0.2) is 0 Å². The van der Waals surface area contributed by atoms with Crippen molar-refractivity contribution in [3.63, 3.8) is 0 Å². The summed E-state index contributed by atoms with van der Waals surface area (Å²) in [4.78, 5) is 10.5. The molecule has 5 nitrogen and oxygen atoms in total. The van der Waals surface area contributed by atoms with Crippen molar-refractivity contribution in [3.05, 3.63) is 0 Å². The summed E-state index contributed by atoms with van der Waals surface area (Å²) in [6, 6.07) is 1.22. The molecular weight excluding hydrogens is 252 g/mol. The van der Waals surface area contributed by atoms with Crippen LogP contribution in [0.3, 0.4) is 0 Å². The van der Waals surface area contributed by atoms with Crippen molar-refractivity contribution in [1.29, 1.82) is 0 Å². The van der Waals surface area contributed by atoms with Crippen molar-refractivity contribution in [3.8, 4) is 0 Å². The second kappa shape index (κ2) is 9.49. The maximum atomic E-state index is 10.5. The first kappa shape index (κ1) is 15.6. The number of hydrogen-bond donors (Lipinski definition) is 0. The SMILES string of the molecule is CC(=O)OCCOC(C)[SiH2]CCCOCC1CO1. The Balaban J connectivity index is 1.77. The van der Waals surface area contributed by atoms with Crippen LogP contribution in [0.1, 0.15) is 20.3 Å². The molecule has 1 saturated heterocycles. The largest absolute Gasteiger partial charge is 0.463 e. The Labute approximate surface area is 111 Å². The van der Waals surface area contributed by atoms with E-state index < -0.39 is 0 Å². The topological polar surface area (TPSA) is 57.3 Å². The lowest BCUT2D eigenvalue weighted by Crippen LogP contribution is -2.20. The zero-order valence-corrected chi connectivity index (χ0v) is 12.8. The highest BCUT2D eigenvalue weighted by Gasteiger charge is 2.21. The van der Waals surface area contributed by atoms with Gasteiger partial charge in [0.1, 0.15) is 12.7 Å². The zero-order chi connectivity index (χ0) is 13.2. The lowest BCUT2D eigenvalue weighted by Gasteiger charge is -2.12. The van der Waals surface area contributed by atoms with Gasteiger partial charge in [-0.25, -0.2) is 0 Å². The smallest absolute Gasteiger partial charge is 0.302 e. The first-order chi connectivity index (χ1) is 8.68. The number of epoxide rings is 1. The quantitative estimate of drug-likeness (QED) is 0.235. The van der Waals surface area contributed by atoms with Gasteiger partial charge >= 0.3 is 5.97 Å². The molecule has 0 aromatic heterocycles. The third-order valence-corrected chi connectivity index (χ3v) is 4.60. The second-order valence-electron chi connectivity index (χ2n) is 4.55. The third-order valence-electron chi connectivity index (χ3n) is 2.65. The number of hydrogen-bond acceptors (Lipinski definition) is 5. The molecule has 0 saturated carbocycles. The van der Waals surface area contributed by atoms with Crippen molar-refractivity contribution >= 4 is 15.5 Å². The maximum Gasteiger partial charge on any atom is 0.302 e. The van der Waals surface area contributed by atoms with Gasteiger partial charge in [-0.3, -0.25) is 4.79 Å². The molecule has 0 radical (unpaired) electrons. The van der Waals surface area contributed by atoms with Crippen molar-refractivity contribution in [2.75, 3.05) is 33.0 Å². The normalized spacial score (nSPS) is 20.2. The minimum absolute atomic E-state index is 0.217. The Hall–Kier alpha value is -0.433. The van der Waals surface area contributed by atoms with Crippen LogP contribution in [0.5, 0.6) is 0 Å². The number of carbonyl (C=O) groups excluding carboxylic acids is 1. The van der Waals surface area contributed by atoms with E-state index in [2.05, 4.69) is 6.92 Å². The summed E-state index contributed by atoms with van der Waals surface area (Å²) in [5.41, 5.74) is 0.340. The summed E-state index contributed by atoms with van der Waals surface area (Å²) in [5.74, 6) is -0.250. The highest BCUT2D eigenvalue weighted by atomic mass is 28.2. The van der Waals surface area contributed by atoms with Crippen LogP contribution >= 0.6 is 0 Å². The lowest BCUT2D eigenvalue weighted by molar-refractivity contribution is -0.142. The Bertz CT molecular complexity index is 233. The van der Waals surface area contributed by atoms with Crippen LogP contribution in [0.15, 0.2) is 0 Å². The molecule has 0 bridgehead atoms. The first-order valence-electron chi connectivity index (χ1n) is 6.63. The maximum absolute atomic E-state index is 10.5. The van der Waals surface area contributed by atoms with Crippen LogP contribution in [0.25, 0.3) is 0 Å². The summed E-state index contributed by atoms with van der Waals surface area (Å²) in [6.45, 7) is 6.80. The summed E-state index contributed by atoms with van der Waals surface area (Å²) in [6.07, 6.45) is 1.47. The average molecular weight is 276 g/mol. The van der Waals surface area contributed by atoms with E-state index >= 15 is 0 Å². The van der Waals surface area contributed by atoms with E-state index in [0.717, 1.165) is 26.2 Å². The summed E-state index contributed by atoms with van der Waals surface area (Å²) >= 11 is 0. The van der Waals surface area contributed by atoms with Crippen LogP contribution in [0, 0.1) is 0 Å². The fraction of sp³-hybridized carbons (Fsp3) is 0.917. The van der Waals surface area contributed by atoms with E-state index in [1.54, 1.807) is 0 Å². The molecule has 1 aliphatic rings. The van der Waals surface area contributed by atoms with Gasteiger partial charge in [0.05, 0.1) is 29.3 Å². The van der Waals surface area contributed by atoms with Gasteiger partial charge in [-0.1, -0.05) is 6.04 Å². The molecule has 1 heterocycles. The van der Waals surface area contributed by atoms with E-state index in [9.17, 15) is 4.79 Å². The summed E-state index contributed by atoms with van der Waals surface area (Å²) in [5, 5.41) is 0.